The number of hydrogen-bond acceptors (Lipinski definition) is 9. The van der Waals surface area contributed by atoms with Crippen molar-refractivity contribution in [2.75, 3.05) is 13.2 Å². The van der Waals surface area contributed by atoms with Gasteiger partial charge in [-0.05, 0) is 141 Å². The molecule has 0 amide bonds. The van der Waals surface area contributed by atoms with Crippen LogP contribution in [0.5, 0.6) is 0 Å². The van der Waals surface area contributed by atoms with Crippen LogP contribution >= 0.6 is 0 Å². The number of esters is 2. The molecule has 1 heterocycles. The molecule has 0 aromatic carbocycles. The molecule has 0 radical (unpaired) electrons. The summed E-state index contributed by atoms with van der Waals surface area (Å²) in [5.74, 6) is 1.75. The van der Waals surface area contributed by atoms with Crippen molar-refractivity contribution in [1.82, 2.24) is 0 Å². The van der Waals surface area contributed by atoms with Crippen LogP contribution in [-0.2, 0) is 42.9 Å². The molecule has 12 bridgehead atoms. The highest BCUT2D eigenvalue weighted by Gasteiger charge is 2.68. The van der Waals surface area contributed by atoms with Crippen LogP contribution in [-0.4, -0.2) is 60.5 Å². The highest BCUT2D eigenvalue weighted by molar-refractivity contribution is 5.92. The van der Waals surface area contributed by atoms with E-state index in [0.717, 1.165) is 70.6 Å². The van der Waals surface area contributed by atoms with Crippen molar-refractivity contribution >= 4 is 29.3 Å². The van der Waals surface area contributed by atoms with Crippen LogP contribution in [0.3, 0.4) is 0 Å². The molecular weight excluding hydrogens is 660 g/mol. The number of ketones is 3. The van der Waals surface area contributed by atoms with E-state index in [1.54, 1.807) is 0 Å². The zero-order valence-electron chi connectivity index (χ0n) is 31.5. The number of carbonyl (C=O) groups is 5. The molecule has 0 N–H and O–H groups in total. The Kier molecular flexibility index (Phi) is 7.57. The molecule has 9 heteroatoms. The highest BCUT2D eigenvalue weighted by Crippen LogP contribution is 2.67. The zero-order chi connectivity index (χ0) is 36.0. The zero-order valence-corrected chi connectivity index (χ0v) is 31.5. The van der Waals surface area contributed by atoms with Crippen molar-refractivity contribution in [2.45, 2.75) is 148 Å². The summed E-state index contributed by atoms with van der Waals surface area (Å²) < 4.78 is 26.5. The molecule has 0 aromatic rings. The topological polar surface area (TPSA) is 122 Å². The highest BCUT2D eigenvalue weighted by atomic mass is 16.8. The van der Waals surface area contributed by atoms with Crippen molar-refractivity contribution in [3.05, 3.63) is 0 Å². The lowest BCUT2D eigenvalue weighted by atomic mass is 9.47. The number of hydrogen-bond donors (Lipinski definition) is 0. The van der Waals surface area contributed by atoms with Gasteiger partial charge in [0, 0.05) is 52.8 Å². The summed E-state index contributed by atoms with van der Waals surface area (Å²) in [5, 5.41) is 0. The summed E-state index contributed by atoms with van der Waals surface area (Å²) in [6.45, 7) is 6.22. The average Bonchev–Trinajstić information content (AvgIpc) is 3.46. The molecular formula is C43H58O9. The predicted molar refractivity (Wildman–Crippen MR) is 186 cm³/mol. The Labute approximate surface area is 307 Å². The van der Waals surface area contributed by atoms with Crippen molar-refractivity contribution in [3.8, 4) is 0 Å². The lowest BCUT2D eigenvalue weighted by molar-refractivity contribution is -0.316. The largest absolute Gasteiger partial charge is 0.465 e. The van der Waals surface area contributed by atoms with E-state index >= 15 is 0 Å². The molecule has 0 aromatic heterocycles. The molecule has 284 valence electrons. The Hall–Kier alpha value is -2.13. The van der Waals surface area contributed by atoms with Crippen LogP contribution in [0.1, 0.15) is 130 Å². The standard InChI is InChI=1S/C43H58O9/c1-39(2,3)37(47)50-22-40-12-25-10-30(19-40)43(31(11-25)20-40)51-32(4-5-34(44)41-13-23-6-26(15-41)35(45)27(7-23)16-41)33(52-43)21-49-38(48)42-14-24-8-28(17-42)36(46)29(9-24)18-42/h23-33H,4-22H2,1-3H3. The minimum absolute atomic E-state index is 0.00480. The van der Waals surface area contributed by atoms with Crippen LogP contribution in [0, 0.1) is 74.9 Å². The van der Waals surface area contributed by atoms with Crippen LogP contribution in [0.4, 0.5) is 0 Å². The van der Waals surface area contributed by atoms with Gasteiger partial charge in [0.15, 0.2) is 5.79 Å². The minimum atomic E-state index is -0.792. The van der Waals surface area contributed by atoms with E-state index in [-0.39, 0.29) is 76.8 Å². The van der Waals surface area contributed by atoms with E-state index in [1.165, 1.54) is 0 Å². The van der Waals surface area contributed by atoms with Gasteiger partial charge in [-0.1, -0.05) is 0 Å². The monoisotopic (exact) mass is 718 g/mol. The van der Waals surface area contributed by atoms with E-state index in [9.17, 15) is 24.0 Å². The molecule has 13 aliphatic rings. The molecule has 8 unspecified atom stereocenters. The lowest BCUT2D eigenvalue weighted by Gasteiger charge is -2.62. The van der Waals surface area contributed by atoms with Crippen molar-refractivity contribution in [1.29, 1.82) is 0 Å². The lowest BCUT2D eigenvalue weighted by Crippen LogP contribution is -2.63. The number of rotatable bonds is 9. The first kappa shape index (κ1) is 34.4. The molecule has 13 fully saturated rings. The van der Waals surface area contributed by atoms with Gasteiger partial charge in [0.25, 0.3) is 0 Å². The Morgan fingerprint density at radius 1 is 0.654 bits per heavy atom. The number of ether oxygens (including phenoxy) is 4. The Bertz CT molecular complexity index is 1460. The quantitative estimate of drug-likeness (QED) is 0.244. The normalized spacial score (nSPS) is 50.4. The second-order valence-electron chi connectivity index (χ2n) is 21.3. The van der Waals surface area contributed by atoms with Gasteiger partial charge in [0.1, 0.15) is 30.1 Å². The van der Waals surface area contributed by atoms with Crippen LogP contribution < -0.4 is 0 Å². The summed E-state index contributed by atoms with van der Waals surface area (Å²) in [7, 11) is 0. The van der Waals surface area contributed by atoms with E-state index < -0.39 is 22.7 Å². The van der Waals surface area contributed by atoms with Crippen LogP contribution in [0.25, 0.3) is 0 Å². The van der Waals surface area contributed by atoms with Gasteiger partial charge in [0.2, 0.25) is 0 Å². The fourth-order valence-corrected chi connectivity index (χ4v) is 15.1. The van der Waals surface area contributed by atoms with Gasteiger partial charge in [0.05, 0.1) is 23.5 Å². The maximum absolute atomic E-state index is 14.2. The molecule has 12 saturated carbocycles. The Morgan fingerprint density at radius 3 is 1.75 bits per heavy atom. The third-order valence-corrected chi connectivity index (χ3v) is 16.7. The van der Waals surface area contributed by atoms with E-state index in [1.807, 2.05) is 20.8 Å². The van der Waals surface area contributed by atoms with Crippen molar-refractivity contribution in [2.24, 2.45) is 74.9 Å². The van der Waals surface area contributed by atoms with Gasteiger partial charge in [-0.15, -0.1) is 0 Å². The van der Waals surface area contributed by atoms with Gasteiger partial charge < -0.3 is 18.9 Å². The number of Topliss-reactive ketones (excluding diaryl/α,β-unsaturated/α-hetero) is 3. The van der Waals surface area contributed by atoms with Gasteiger partial charge in [-0.25, -0.2) is 0 Å². The minimum Gasteiger partial charge on any atom is -0.465 e. The third kappa shape index (κ3) is 5.15. The van der Waals surface area contributed by atoms with E-state index in [2.05, 4.69) is 0 Å². The molecule has 1 aliphatic heterocycles. The second kappa shape index (κ2) is 11.5. The van der Waals surface area contributed by atoms with Crippen molar-refractivity contribution in [3.63, 3.8) is 0 Å². The van der Waals surface area contributed by atoms with Gasteiger partial charge >= 0.3 is 11.9 Å². The third-order valence-electron chi connectivity index (χ3n) is 16.7. The fourth-order valence-electron chi connectivity index (χ4n) is 15.1. The summed E-state index contributed by atoms with van der Waals surface area (Å²) in [6.07, 6.45) is 13.0. The SMILES string of the molecule is CC(C)(C)C(=O)OCC12CC3CC(C1)C1(OC(CCC(=O)C45CC6CC(C4)C(=O)C(C6)C5)C(COC(=O)C45CC6CC(C4)C(=O)C(C6)C5)O1)C(C3)C2. The second-order valence-corrected chi connectivity index (χ2v) is 21.3. The first-order chi connectivity index (χ1) is 24.7. The first-order valence-electron chi connectivity index (χ1n) is 21.0. The van der Waals surface area contributed by atoms with Crippen LogP contribution in [0.15, 0.2) is 0 Å². The van der Waals surface area contributed by atoms with Crippen LogP contribution in [0.2, 0.25) is 0 Å². The maximum atomic E-state index is 14.2. The van der Waals surface area contributed by atoms with Crippen molar-refractivity contribution < 1.29 is 42.9 Å². The molecule has 1 spiro atoms. The van der Waals surface area contributed by atoms with Gasteiger partial charge in [-0.2, -0.15) is 0 Å². The molecule has 52 heavy (non-hydrogen) atoms. The summed E-state index contributed by atoms with van der Waals surface area (Å²) in [6, 6.07) is 0. The molecule has 12 aliphatic carbocycles. The first-order valence-corrected chi connectivity index (χ1v) is 21.0. The fraction of sp³-hybridized carbons (Fsp3) is 0.884. The predicted octanol–water partition coefficient (Wildman–Crippen LogP) is 6.57. The molecule has 8 atom stereocenters. The summed E-state index contributed by atoms with van der Waals surface area (Å²) in [4.78, 5) is 66.8. The smallest absolute Gasteiger partial charge is 0.312 e. The van der Waals surface area contributed by atoms with E-state index in [4.69, 9.17) is 18.9 Å². The van der Waals surface area contributed by atoms with Gasteiger partial charge in [-0.3, -0.25) is 24.0 Å². The summed E-state index contributed by atoms with van der Waals surface area (Å²) >= 11 is 0. The number of carbonyl (C=O) groups excluding carboxylic acids is 5. The molecule has 1 saturated heterocycles. The molecule has 9 nitrogen and oxygen atoms in total. The average molecular weight is 719 g/mol. The molecule has 13 rings (SSSR count). The Balaban J connectivity index is 0.871. The summed E-state index contributed by atoms with van der Waals surface area (Å²) in [5.41, 5.74) is -1.56. The van der Waals surface area contributed by atoms with E-state index in [0.29, 0.717) is 74.5 Å². The maximum Gasteiger partial charge on any atom is 0.312 e. The Morgan fingerprint density at radius 2 is 1.17 bits per heavy atom.